The van der Waals surface area contributed by atoms with E-state index in [1.807, 2.05) is 0 Å². The molecular weight excluding hydrogens is 302 g/mol. The van der Waals surface area contributed by atoms with E-state index < -0.39 is 25.3 Å². The zero-order chi connectivity index (χ0) is 16.7. The van der Waals surface area contributed by atoms with Crippen molar-refractivity contribution in [3.8, 4) is 0 Å². The summed E-state index contributed by atoms with van der Waals surface area (Å²) in [5.41, 5.74) is 1.74. The summed E-state index contributed by atoms with van der Waals surface area (Å²) in [4.78, 5) is 23.6. The van der Waals surface area contributed by atoms with Gasteiger partial charge in [-0.2, -0.15) is 0 Å². The van der Waals surface area contributed by atoms with Crippen molar-refractivity contribution in [1.82, 2.24) is 0 Å². The second-order valence-corrected chi connectivity index (χ2v) is 5.00. The van der Waals surface area contributed by atoms with Crippen LogP contribution < -0.4 is 0 Å². The molecule has 0 fully saturated rings. The first kappa shape index (κ1) is 16.8. The number of carbonyl (C=O) groups excluding carboxylic acids is 2. The predicted octanol–water partition coefficient (Wildman–Crippen LogP) is 3.48. The van der Waals surface area contributed by atoms with E-state index in [2.05, 4.69) is 0 Å². The Labute approximate surface area is 132 Å². The van der Waals surface area contributed by atoms with Crippen LogP contribution in [0.5, 0.6) is 0 Å². The molecule has 2 rings (SSSR count). The van der Waals surface area contributed by atoms with Gasteiger partial charge in [-0.3, -0.25) is 9.59 Å². The SMILES string of the molecule is O=C(Cc1ccccc1CF)OC(=O)Cc1ccccc1CF. The highest BCUT2D eigenvalue weighted by molar-refractivity contribution is 5.87. The molecule has 0 unspecified atom stereocenters. The average Bonchev–Trinajstić information content (AvgIpc) is 2.55. The molecule has 120 valence electrons. The minimum absolute atomic E-state index is 0.184. The molecule has 0 saturated carbocycles. The van der Waals surface area contributed by atoms with Crippen LogP contribution in [0.2, 0.25) is 0 Å². The molecule has 3 nitrogen and oxygen atoms in total. The fraction of sp³-hybridized carbons (Fsp3) is 0.222. The van der Waals surface area contributed by atoms with Crippen molar-refractivity contribution >= 4 is 11.9 Å². The Morgan fingerprint density at radius 3 is 1.39 bits per heavy atom. The first-order valence-electron chi connectivity index (χ1n) is 7.13. The van der Waals surface area contributed by atoms with Crippen LogP contribution in [0, 0.1) is 0 Å². The van der Waals surface area contributed by atoms with E-state index in [1.54, 1.807) is 48.5 Å². The summed E-state index contributed by atoms with van der Waals surface area (Å²) in [5, 5.41) is 0. The van der Waals surface area contributed by atoms with Gasteiger partial charge in [0.1, 0.15) is 13.3 Å². The quantitative estimate of drug-likeness (QED) is 0.605. The summed E-state index contributed by atoms with van der Waals surface area (Å²) in [6, 6.07) is 13.1. The van der Waals surface area contributed by atoms with Gasteiger partial charge in [0.25, 0.3) is 0 Å². The van der Waals surface area contributed by atoms with Gasteiger partial charge in [0.15, 0.2) is 0 Å². The number of hydrogen-bond donors (Lipinski definition) is 0. The third kappa shape index (κ3) is 4.71. The van der Waals surface area contributed by atoms with Gasteiger partial charge in [-0.25, -0.2) is 8.78 Å². The Kier molecular flexibility index (Phi) is 5.97. The van der Waals surface area contributed by atoms with Gasteiger partial charge >= 0.3 is 11.9 Å². The Morgan fingerprint density at radius 1 is 0.696 bits per heavy atom. The average molecular weight is 318 g/mol. The molecule has 0 bridgehead atoms. The normalized spacial score (nSPS) is 10.3. The molecule has 0 aliphatic carbocycles. The van der Waals surface area contributed by atoms with E-state index >= 15 is 0 Å². The topological polar surface area (TPSA) is 43.4 Å². The fourth-order valence-corrected chi connectivity index (χ4v) is 2.23. The fourth-order valence-electron chi connectivity index (χ4n) is 2.23. The number of benzene rings is 2. The number of ether oxygens (including phenoxy) is 1. The van der Waals surface area contributed by atoms with Crippen molar-refractivity contribution in [3.05, 3.63) is 70.8 Å². The van der Waals surface area contributed by atoms with Crippen LogP contribution in [0.4, 0.5) is 8.78 Å². The zero-order valence-corrected chi connectivity index (χ0v) is 12.4. The lowest BCUT2D eigenvalue weighted by atomic mass is 10.1. The molecule has 0 aliphatic rings. The summed E-state index contributed by atoms with van der Waals surface area (Å²) in [6.45, 7) is -1.39. The van der Waals surface area contributed by atoms with Crippen molar-refractivity contribution in [3.63, 3.8) is 0 Å². The van der Waals surface area contributed by atoms with E-state index in [-0.39, 0.29) is 12.8 Å². The lowest BCUT2D eigenvalue weighted by Crippen LogP contribution is -2.17. The van der Waals surface area contributed by atoms with Crippen molar-refractivity contribution < 1.29 is 23.1 Å². The van der Waals surface area contributed by atoms with Crippen LogP contribution in [0.3, 0.4) is 0 Å². The Bertz CT molecular complexity index is 639. The first-order valence-corrected chi connectivity index (χ1v) is 7.13. The van der Waals surface area contributed by atoms with E-state index in [9.17, 15) is 18.4 Å². The predicted molar refractivity (Wildman–Crippen MR) is 81.0 cm³/mol. The molecule has 2 aromatic rings. The maximum Gasteiger partial charge on any atom is 0.317 e. The molecule has 0 N–H and O–H groups in total. The van der Waals surface area contributed by atoms with Gasteiger partial charge in [-0.05, 0) is 22.3 Å². The molecule has 2 aromatic carbocycles. The third-order valence-electron chi connectivity index (χ3n) is 3.42. The highest BCUT2D eigenvalue weighted by Gasteiger charge is 2.15. The lowest BCUT2D eigenvalue weighted by Gasteiger charge is -2.08. The molecule has 0 saturated heterocycles. The zero-order valence-electron chi connectivity index (χ0n) is 12.4. The Morgan fingerprint density at radius 2 is 1.04 bits per heavy atom. The van der Waals surface area contributed by atoms with Gasteiger partial charge in [0.05, 0.1) is 12.8 Å². The van der Waals surface area contributed by atoms with Gasteiger partial charge in [0.2, 0.25) is 0 Å². The summed E-state index contributed by atoms with van der Waals surface area (Å²) < 4.78 is 30.4. The maximum absolute atomic E-state index is 12.8. The van der Waals surface area contributed by atoms with Crippen LogP contribution in [0.1, 0.15) is 22.3 Å². The van der Waals surface area contributed by atoms with Gasteiger partial charge < -0.3 is 4.74 Å². The molecule has 0 radical (unpaired) electrons. The molecule has 5 heteroatoms. The number of esters is 2. The largest absolute Gasteiger partial charge is 0.393 e. The summed E-state index contributed by atoms with van der Waals surface area (Å²) >= 11 is 0. The molecular formula is C18H16F2O3. The van der Waals surface area contributed by atoms with E-state index in [0.717, 1.165) is 0 Å². The van der Waals surface area contributed by atoms with Crippen molar-refractivity contribution in [2.45, 2.75) is 26.2 Å². The summed E-state index contributed by atoms with van der Waals surface area (Å²) in [7, 11) is 0. The van der Waals surface area contributed by atoms with Gasteiger partial charge in [-0.1, -0.05) is 48.5 Å². The van der Waals surface area contributed by atoms with E-state index in [4.69, 9.17) is 4.74 Å². The highest BCUT2D eigenvalue weighted by Crippen LogP contribution is 2.13. The molecule has 0 amide bonds. The minimum Gasteiger partial charge on any atom is -0.393 e. The molecule has 0 spiro atoms. The summed E-state index contributed by atoms with van der Waals surface area (Å²) in [6.07, 6.45) is -0.368. The molecule has 0 aromatic heterocycles. The van der Waals surface area contributed by atoms with Crippen LogP contribution in [0.15, 0.2) is 48.5 Å². The number of hydrogen-bond acceptors (Lipinski definition) is 3. The Balaban J connectivity index is 1.96. The maximum atomic E-state index is 12.8. The number of halogens is 2. The van der Waals surface area contributed by atoms with Crippen LogP contribution in [-0.4, -0.2) is 11.9 Å². The number of rotatable bonds is 6. The number of alkyl halides is 2. The second-order valence-electron chi connectivity index (χ2n) is 5.00. The van der Waals surface area contributed by atoms with Gasteiger partial charge in [-0.15, -0.1) is 0 Å². The smallest absolute Gasteiger partial charge is 0.317 e. The van der Waals surface area contributed by atoms with Crippen molar-refractivity contribution in [2.24, 2.45) is 0 Å². The van der Waals surface area contributed by atoms with E-state index in [1.165, 1.54) is 0 Å². The number of carbonyl (C=O) groups is 2. The van der Waals surface area contributed by atoms with Crippen molar-refractivity contribution in [2.75, 3.05) is 0 Å². The highest BCUT2D eigenvalue weighted by atomic mass is 19.1. The van der Waals surface area contributed by atoms with Crippen LogP contribution >= 0.6 is 0 Å². The summed E-state index contributed by atoms with van der Waals surface area (Å²) in [5.74, 6) is -1.51. The van der Waals surface area contributed by atoms with E-state index in [0.29, 0.717) is 22.3 Å². The third-order valence-corrected chi connectivity index (χ3v) is 3.42. The standard InChI is InChI=1S/C18H16F2O3/c19-11-15-7-3-1-5-13(15)9-17(21)23-18(22)10-14-6-2-4-8-16(14)12-20/h1-8H,9-12H2. The van der Waals surface area contributed by atoms with Crippen LogP contribution in [0.25, 0.3) is 0 Å². The monoisotopic (exact) mass is 318 g/mol. The van der Waals surface area contributed by atoms with Crippen LogP contribution in [-0.2, 0) is 40.5 Å². The lowest BCUT2D eigenvalue weighted by molar-refractivity contribution is -0.158. The molecule has 0 atom stereocenters. The molecule has 0 heterocycles. The second kappa shape index (κ2) is 8.17. The molecule has 0 aliphatic heterocycles. The van der Waals surface area contributed by atoms with Gasteiger partial charge in [0, 0.05) is 0 Å². The van der Waals surface area contributed by atoms with Crippen molar-refractivity contribution in [1.29, 1.82) is 0 Å². The Hall–Kier alpha value is -2.56. The minimum atomic E-state index is -0.756. The molecule has 23 heavy (non-hydrogen) atoms. The first-order chi connectivity index (χ1) is 11.1.